The number of pyridine rings is 1. The Labute approximate surface area is 289 Å². The fourth-order valence-electron chi connectivity index (χ4n) is 7.75. The zero-order valence-electron chi connectivity index (χ0n) is 30.3. The van der Waals surface area contributed by atoms with E-state index in [9.17, 15) is 18.9 Å². The van der Waals surface area contributed by atoms with Gasteiger partial charge in [-0.1, -0.05) is 34.6 Å². The molecule has 2 N–H and O–H groups in total. The Bertz CT molecular complexity index is 1620. The summed E-state index contributed by atoms with van der Waals surface area (Å²) in [5.41, 5.74) is 2.12. The van der Waals surface area contributed by atoms with E-state index in [0.717, 1.165) is 36.9 Å². The van der Waals surface area contributed by atoms with Crippen LogP contribution in [0.2, 0.25) is 0 Å². The number of carbonyl (C=O) groups is 3. The van der Waals surface area contributed by atoms with Crippen LogP contribution in [-0.2, 0) is 28.8 Å². The van der Waals surface area contributed by atoms with E-state index < -0.39 is 31.5 Å². The summed E-state index contributed by atoms with van der Waals surface area (Å²) in [7, 11) is -4.75. The second kappa shape index (κ2) is 13.4. The summed E-state index contributed by atoms with van der Waals surface area (Å²) in [5, 5.41) is 0. The van der Waals surface area contributed by atoms with Crippen molar-refractivity contribution in [3.05, 3.63) is 29.2 Å². The maximum absolute atomic E-state index is 14.1. The molecular formula is C36H54N3O9P. The van der Waals surface area contributed by atoms with Crippen LogP contribution in [0.25, 0.3) is 11.1 Å². The highest BCUT2D eigenvalue weighted by Crippen LogP contribution is 2.44. The molecule has 0 aromatic carbocycles. The van der Waals surface area contributed by atoms with Gasteiger partial charge in [-0.05, 0) is 89.0 Å². The van der Waals surface area contributed by atoms with Crippen LogP contribution < -0.4 is 0 Å². The number of hydrogen-bond donors (Lipinski definition) is 2. The third-order valence-corrected chi connectivity index (χ3v) is 11.5. The van der Waals surface area contributed by atoms with Crippen LogP contribution in [0.3, 0.4) is 0 Å². The maximum Gasteiger partial charge on any atom is 0.472 e. The minimum absolute atomic E-state index is 0.00168. The van der Waals surface area contributed by atoms with E-state index in [1.165, 1.54) is 0 Å². The zero-order valence-corrected chi connectivity index (χ0v) is 31.2. The molecule has 49 heavy (non-hydrogen) atoms. The molecule has 3 heterocycles. The van der Waals surface area contributed by atoms with Crippen LogP contribution in [0.1, 0.15) is 134 Å². The van der Waals surface area contributed by atoms with Crippen molar-refractivity contribution in [1.29, 1.82) is 0 Å². The SMILES string of the molecule is CC1(C)CCC(c2cc(C(C)(C)C)c3oc(C(=O)N4CCN(C(=O)[C@H]5CC[C@@](C)(C(=O)OCOP(=O)(O)O)CC5)CC4(C)C)cc3n2)CC1. The Hall–Kier alpha value is -2.79. The van der Waals surface area contributed by atoms with Crippen molar-refractivity contribution in [3.8, 4) is 0 Å². The Kier molecular flexibility index (Phi) is 10.2. The van der Waals surface area contributed by atoms with Gasteiger partial charge in [0.15, 0.2) is 11.3 Å². The largest absolute Gasteiger partial charge is 0.472 e. The second-order valence-corrected chi connectivity index (χ2v) is 18.4. The van der Waals surface area contributed by atoms with Gasteiger partial charge in [-0.2, -0.15) is 0 Å². The number of carbonyl (C=O) groups excluding carboxylic acids is 3. The van der Waals surface area contributed by atoms with Crippen molar-refractivity contribution in [1.82, 2.24) is 14.8 Å². The van der Waals surface area contributed by atoms with Gasteiger partial charge in [-0.3, -0.25) is 14.4 Å². The molecule has 0 spiro atoms. The van der Waals surface area contributed by atoms with E-state index in [-0.39, 0.29) is 28.9 Å². The molecule has 3 aliphatic rings. The molecule has 0 unspecified atom stereocenters. The molecule has 2 aliphatic carbocycles. The predicted octanol–water partition coefficient (Wildman–Crippen LogP) is 6.68. The van der Waals surface area contributed by atoms with Gasteiger partial charge < -0.3 is 28.7 Å². The number of phosphoric acid groups is 1. The standard InChI is InChI=1S/C36H54N3O9P/c1-33(2,3)25-19-26(23-9-13-34(4,5)14-10-23)37-27-20-28(48-29(25)27)31(41)39-18-17-38(21-35(39,6)7)30(40)24-11-15-36(8,16-12-24)32(42)46-22-47-49(43,44)45/h19-20,23-24H,9-18,21-22H2,1-8H3,(H2,43,44,45)/t24-,36+. The van der Waals surface area contributed by atoms with Gasteiger partial charge in [0.05, 0.1) is 11.0 Å². The molecule has 1 aliphatic heterocycles. The third kappa shape index (κ3) is 8.41. The molecule has 0 bridgehead atoms. The Morgan fingerprint density at radius 3 is 2.18 bits per heavy atom. The smallest absolute Gasteiger partial charge is 0.449 e. The number of amides is 2. The summed E-state index contributed by atoms with van der Waals surface area (Å²) >= 11 is 0. The molecular weight excluding hydrogens is 649 g/mol. The summed E-state index contributed by atoms with van der Waals surface area (Å²) in [6.45, 7) is 17.1. The Balaban J connectivity index is 1.25. The van der Waals surface area contributed by atoms with Gasteiger partial charge in [-0.25, -0.2) is 14.1 Å². The highest BCUT2D eigenvalue weighted by Gasteiger charge is 2.45. The van der Waals surface area contributed by atoms with Crippen molar-refractivity contribution in [2.45, 2.75) is 124 Å². The van der Waals surface area contributed by atoms with Crippen LogP contribution in [0.4, 0.5) is 0 Å². The number of phosphoric ester groups is 1. The van der Waals surface area contributed by atoms with Crippen molar-refractivity contribution >= 4 is 36.7 Å². The molecule has 0 radical (unpaired) electrons. The molecule has 2 aromatic rings. The first kappa shape index (κ1) is 37.5. The molecule has 2 saturated carbocycles. The molecule has 2 aromatic heterocycles. The fraction of sp³-hybridized carbons (Fsp3) is 0.722. The number of furan rings is 1. The molecule has 1 saturated heterocycles. The molecule has 3 fully saturated rings. The molecule has 13 heteroatoms. The number of nitrogens with zero attached hydrogens (tertiary/aromatic N) is 3. The van der Waals surface area contributed by atoms with E-state index in [2.05, 4.69) is 45.2 Å². The maximum atomic E-state index is 14.1. The summed E-state index contributed by atoms with van der Waals surface area (Å²) in [4.78, 5) is 66.7. The quantitative estimate of drug-likeness (QED) is 0.181. The van der Waals surface area contributed by atoms with Gasteiger partial charge in [-0.15, -0.1) is 0 Å². The summed E-state index contributed by atoms with van der Waals surface area (Å²) in [5.74, 6) is -0.449. The van der Waals surface area contributed by atoms with Crippen LogP contribution in [0.5, 0.6) is 0 Å². The van der Waals surface area contributed by atoms with E-state index in [1.807, 2.05) is 18.7 Å². The summed E-state index contributed by atoms with van der Waals surface area (Å²) in [6.07, 6.45) is 6.27. The number of fused-ring (bicyclic) bond motifs is 1. The minimum atomic E-state index is -4.75. The van der Waals surface area contributed by atoms with Gasteiger partial charge in [0.2, 0.25) is 12.7 Å². The van der Waals surface area contributed by atoms with Gasteiger partial charge in [0.25, 0.3) is 5.91 Å². The van der Waals surface area contributed by atoms with Crippen LogP contribution in [0.15, 0.2) is 16.5 Å². The van der Waals surface area contributed by atoms with Crippen molar-refractivity contribution in [3.63, 3.8) is 0 Å². The Morgan fingerprint density at radius 2 is 1.61 bits per heavy atom. The number of aromatic nitrogens is 1. The van der Waals surface area contributed by atoms with Gasteiger partial charge in [0, 0.05) is 48.8 Å². The average Bonchev–Trinajstić information content (AvgIpc) is 3.43. The van der Waals surface area contributed by atoms with Crippen LogP contribution >= 0.6 is 7.82 Å². The lowest BCUT2D eigenvalue weighted by atomic mass is 9.71. The minimum Gasteiger partial charge on any atom is -0.449 e. The van der Waals surface area contributed by atoms with E-state index in [4.69, 9.17) is 23.9 Å². The molecule has 2 amide bonds. The lowest BCUT2D eigenvalue weighted by Crippen LogP contribution is -2.62. The van der Waals surface area contributed by atoms with Crippen molar-refractivity contribution < 1.29 is 42.4 Å². The number of hydrogen-bond acceptors (Lipinski definition) is 8. The van der Waals surface area contributed by atoms with E-state index in [0.29, 0.717) is 67.8 Å². The van der Waals surface area contributed by atoms with E-state index >= 15 is 0 Å². The first-order valence-electron chi connectivity index (χ1n) is 17.5. The normalized spacial score (nSPS) is 25.0. The highest BCUT2D eigenvalue weighted by atomic mass is 31.2. The molecule has 5 rings (SSSR count). The monoisotopic (exact) mass is 703 g/mol. The second-order valence-electron chi connectivity index (χ2n) is 17.1. The van der Waals surface area contributed by atoms with Crippen LogP contribution in [0, 0.1) is 16.7 Å². The number of rotatable bonds is 7. The Morgan fingerprint density at radius 1 is 0.980 bits per heavy atom. The van der Waals surface area contributed by atoms with Crippen molar-refractivity contribution in [2.24, 2.45) is 16.7 Å². The fourth-order valence-corrected chi connectivity index (χ4v) is 7.94. The highest BCUT2D eigenvalue weighted by molar-refractivity contribution is 7.46. The molecule has 0 atom stereocenters. The first-order valence-corrected chi connectivity index (χ1v) is 19.0. The molecule has 12 nitrogen and oxygen atoms in total. The van der Waals surface area contributed by atoms with Crippen molar-refractivity contribution in [2.75, 3.05) is 26.4 Å². The van der Waals surface area contributed by atoms with Gasteiger partial charge in [0.1, 0.15) is 5.52 Å². The number of piperazine rings is 1. The third-order valence-electron chi connectivity index (χ3n) is 11.1. The topological polar surface area (TPSA) is 160 Å². The predicted molar refractivity (Wildman–Crippen MR) is 184 cm³/mol. The zero-order chi connectivity index (χ0) is 36.2. The van der Waals surface area contributed by atoms with E-state index in [1.54, 1.807) is 17.9 Å². The lowest BCUT2D eigenvalue weighted by molar-refractivity contribution is -0.166. The lowest BCUT2D eigenvalue weighted by Gasteiger charge is -2.48. The molecule has 272 valence electrons. The summed E-state index contributed by atoms with van der Waals surface area (Å²) < 4.78 is 26.4. The average molecular weight is 704 g/mol. The summed E-state index contributed by atoms with van der Waals surface area (Å²) in [6, 6.07) is 3.98. The van der Waals surface area contributed by atoms with Crippen LogP contribution in [-0.4, -0.2) is 74.3 Å². The number of ether oxygens (including phenoxy) is 1. The number of esters is 1. The van der Waals surface area contributed by atoms with Gasteiger partial charge >= 0.3 is 13.8 Å². The first-order chi connectivity index (χ1) is 22.6.